The predicted molar refractivity (Wildman–Crippen MR) is 174 cm³/mol. The molecule has 1 unspecified atom stereocenters. The van der Waals surface area contributed by atoms with Crippen molar-refractivity contribution in [3.8, 4) is 0 Å². The van der Waals surface area contributed by atoms with Gasteiger partial charge in [-0.05, 0) is 52.9 Å². The lowest BCUT2D eigenvalue weighted by molar-refractivity contribution is -0.140. The summed E-state index contributed by atoms with van der Waals surface area (Å²) >= 11 is 0. The summed E-state index contributed by atoms with van der Waals surface area (Å²) in [6, 6.07) is 0. The van der Waals surface area contributed by atoms with E-state index < -0.39 is 0 Å². The summed E-state index contributed by atoms with van der Waals surface area (Å²) in [4.78, 5) is 33.2. The van der Waals surface area contributed by atoms with Crippen molar-refractivity contribution < 1.29 is 28.6 Å². The monoisotopic (exact) mass is 593 g/mol. The number of ether oxygens (including phenoxy) is 3. The van der Waals surface area contributed by atoms with E-state index in [-0.39, 0.29) is 34.9 Å². The molecule has 0 bridgehead atoms. The zero-order chi connectivity index (χ0) is 32.8. The van der Waals surface area contributed by atoms with E-state index in [0.717, 1.165) is 12.8 Å². The van der Waals surface area contributed by atoms with Gasteiger partial charge in [0, 0.05) is 22.3 Å². The Kier molecular flexibility index (Phi) is 22.9. The predicted octanol–water partition coefficient (Wildman–Crippen LogP) is 8.42. The van der Waals surface area contributed by atoms with Crippen molar-refractivity contribution in [2.24, 2.45) is 5.41 Å². The molecule has 1 aliphatic rings. The number of esters is 2. The lowest BCUT2D eigenvalue weighted by atomic mass is 9.81. The van der Waals surface area contributed by atoms with Crippen LogP contribution in [0.5, 0.6) is 0 Å². The van der Waals surface area contributed by atoms with Crippen LogP contribution in [0.25, 0.3) is 0 Å². The topological polar surface area (TPSA) is 94.2 Å². The van der Waals surface area contributed by atoms with E-state index in [1.54, 1.807) is 20.8 Å². The van der Waals surface area contributed by atoms with E-state index >= 15 is 0 Å². The van der Waals surface area contributed by atoms with Crippen LogP contribution in [0.1, 0.15) is 133 Å². The van der Waals surface area contributed by atoms with E-state index in [1.165, 1.54) is 57.8 Å². The number of rotatable bonds is 18. The van der Waals surface area contributed by atoms with Crippen LogP contribution in [-0.4, -0.2) is 49.3 Å². The van der Waals surface area contributed by atoms with Gasteiger partial charge >= 0.3 is 11.9 Å². The largest absolute Gasteiger partial charge is 0.462 e. The molecule has 0 spiro atoms. The molecule has 1 heterocycles. The highest BCUT2D eigenvalue weighted by Crippen LogP contribution is 2.26. The Morgan fingerprint density at radius 3 is 1.55 bits per heavy atom. The molecule has 0 saturated carbocycles. The van der Waals surface area contributed by atoms with Crippen LogP contribution in [0.2, 0.25) is 0 Å². The zero-order valence-electron chi connectivity index (χ0n) is 28.5. The normalized spacial score (nSPS) is 13.8. The maximum atomic E-state index is 11.4. The number of carbonyl (C=O) groups excluding carboxylic acids is 3. The molecule has 1 rings (SSSR count). The number of hydrogen-bond acceptors (Lipinski definition) is 6. The third-order valence-electron chi connectivity index (χ3n) is 6.04. The first-order valence-corrected chi connectivity index (χ1v) is 15.7. The van der Waals surface area contributed by atoms with Gasteiger partial charge in [0.15, 0.2) is 0 Å². The number of amides is 1. The van der Waals surface area contributed by atoms with E-state index in [0.29, 0.717) is 36.5 Å². The minimum atomic E-state index is -0.337. The minimum absolute atomic E-state index is 0.0562. The highest BCUT2D eigenvalue weighted by molar-refractivity contribution is 5.92. The van der Waals surface area contributed by atoms with Crippen LogP contribution in [-0.2, 0) is 28.6 Å². The summed E-state index contributed by atoms with van der Waals surface area (Å²) in [5.74, 6) is -0.652. The van der Waals surface area contributed by atoms with E-state index in [1.807, 2.05) is 13.8 Å². The molecule has 0 aromatic carbocycles. The molecule has 0 radical (unpaired) electrons. The highest BCUT2D eigenvalue weighted by atomic mass is 16.6. The second-order valence-corrected chi connectivity index (χ2v) is 13.3. The Hall–Kier alpha value is -2.41. The van der Waals surface area contributed by atoms with Crippen molar-refractivity contribution in [2.45, 2.75) is 145 Å². The van der Waals surface area contributed by atoms with Gasteiger partial charge in [-0.2, -0.15) is 0 Å². The molecule has 7 nitrogen and oxygen atoms in total. The maximum absolute atomic E-state index is 11.4. The molecule has 1 fully saturated rings. The lowest BCUT2D eigenvalue weighted by Crippen LogP contribution is -2.46. The number of carbonyl (C=O) groups is 3. The summed E-state index contributed by atoms with van der Waals surface area (Å²) in [5, 5.41) is 2.97. The standard InChI is InChI=1S/C16H30O2.C12H23NO.C7H10O3/c1-4-5-6-7-8-9-10-11-12-13-14-18-16(17)15(2)3;1-9(2)10(14)13-12(6,7)8-11(3,4)5;1-5(2)7(8)10-4-6-3-9-6/h2,4-14H2,1,3H3;1,8H2,2-7H3,(H,13,14);6H,1,3-4H2,2H3. The van der Waals surface area contributed by atoms with Gasteiger partial charge in [0.2, 0.25) is 5.91 Å². The Labute approximate surface area is 257 Å². The molecule has 0 aromatic rings. The Bertz CT molecular complexity index is 833. The van der Waals surface area contributed by atoms with Gasteiger partial charge in [-0.1, -0.05) is 105 Å². The van der Waals surface area contributed by atoms with Crippen molar-refractivity contribution in [1.29, 1.82) is 0 Å². The van der Waals surface area contributed by atoms with E-state index in [2.05, 4.69) is 52.7 Å². The fraction of sp³-hybridized carbons (Fsp3) is 0.743. The van der Waals surface area contributed by atoms with Crippen molar-refractivity contribution in [3.05, 3.63) is 36.5 Å². The van der Waals surface area contributed by atoms with Crippen LogP contribution in [0.15, 0.2) is 36.5 Å². The fourth-order valence-electron chi connectivity index (χ4n) is 4.12. The molecule has 0 aromatic heterocycles. The SMILES string of the molecule is C=C(C)C(=O)NC(C)(C)CC(C)(C)C.C=C(C)C(=O)OCC1CO1.C=C(C)C(=O)OCCCCCCCCCCCC. The summed E-state index contributed by atoms with van der Waals surface area (Å²) in [6.45, 7) is 30.1. The molecule has 42 heavy (non-hydrogen) atoms. The smallest absolute Gasteiger partial charge is 0.333 e. The number of hydrogen-bond donors (Lipinski definition) is 1. The average Bonchev–Trinajstić information content (AvgIpc) is 3.69. The Morgan fingerprint density at radius 1 is 0.738 bits per heavy atom. The van der Waals surface area contributed by atoms with Crippen molar-refractivity contribution in [2.75, 3.05) is 19.8 Å². The van der Waals surface area contributed by atoms with Crippen molar-refractivity contribution >= 4 is 17.8 Å². The van der Waals surface area contributed by atoms with Gasteiger partial charge in [-0.3, -0.25) is 4.79 Å². The molecular formula is C35H63NO6. The number of nitrogens with one attached hydrogen (secondary N) is 1. The Balaban J connectivity index is 0. The zero-order valence-corrected chi connectivity index (χ0v) is 28.5. The first kappa shape index (κ1) is 41.7. The summed E-state index contributed by atoms with van der Waals surface area (Å²) in [5.41, 5.74) is 1.52. The summed E-state index contributed by atoms with van der Waals surface area (Å²) in [7, 11) is 0. The van der Waals surface area contributed by atoms with E-state index in [4.69, 9.17) is 14.2 Å². The van der Waals surface area contributed by atoms with Crippen LogP contribution >= 0.6 is 0 Å². The molecule has 1 saturated heterocycles. The summed E-state index contributed by atoms with van der Waals surface area (Å²) < 4.78 is 14.6. The Morgan fingerprint density at radius 2 is 1.17 bits per heavy atom. The number of unbranched alkanes of at least 4 members (excludes halogenated alkanes) is 9. The third kappa shape index (κ3) is 29.1. The van der Waals surface area contributed by atoms with Gasteiger partial charge in [-0.25, -0.2) is 9.59 Å². The molecule has 1 aliphatic heterocycles. The molecule has 7 heteroatoms. The van der Waals surface area contributed by atoms with Crippen LogP contribution in [0, 0.1) is 5.41 Å². The van der Waals surface area contributed by atoms with Gasteiger partial charge in [0.1, 0.15) is 12.7 Å². The second-order valence-electron chi connectivity index (χ2n) is 13.3. The fourth-order valence-corrected chi connectivity index (χ4v) is 4.12. The molecular weight excluding hydrogens is 530 g/mol. The first-order chi connectivity index (χ1) is 19.4. The highest BCUT2D eigenvalue weighted by Gasteiger charge is 2.27. The maximum Gasteiger partial charge on any atom is 0.333 e. The van der Waals surface area contributed by atoms with Gasteiger partial charge in [0.25, 0.3) is 0 Å². The minimum Gasteiger partial charge on any atom is -0.462 e. The first-order valence-electron chi connectivity index (χ1n) is 15.7. The molecule has 1 atom stereocenters. The average molecular weight is 594 g/mol. The quantitative estimate of drug-likeness (QED) is 0.0742. The molecule has 1 amide bonds. The third-order valence-corrected chi connectivity index (χ3v) is 6.04. The van der Waals surface area contributed by atoms with Gasteiger partial charge in [0.05, 0.1) is 13.2 Å². The van der Waals surface area contributed by atoms with Crippen LogP contribution in [0.3, 0.4) is 0 Å². The molecule has 244 valence electrons. The van der Waals surface area contributed by atoms with Gasteiger partial charge in [-0.15, -0.1) is 0 Å². The summed E-state index contributed by atoms with van der Waals surface area (Å²) in [6.07, 6.45) is 14.0. The van der Waals surface area contributed by atoms with Gasteiger partial charge < -0.3 is 19.5 Å². The molecule has 0 aliphatic carbocycles. The lowest BCUT2D eigenvalue weighted by Gasteiger charge is -2.33. The molecule has 1 N–H and O–H groups in total. The van der Waals surface area contributed by atoms with Crippen molar-refractivity contribution in [1.82, 2.24) is 5.32 Å². The second kappa shape index (κ2) is 23.1. The van der Waals surface area contributed by atoms with Crippen LogP contribution < -0.4 is 5.32 Å². The van der Waals surface area contributed by atoms with Crippen molar-refractivity contribution in [3.63, 3.8) is 0 Å². The van der Waals surface area contributed by atoms with E-state index in [9.17, 15) is 14.4 Å². The van der Waals surface area contributed by atoms with Crippen LogP contribution in [0.4, 0.5) is 0 Å². The number of epoxide rings is 1.